The van der Waals surface area contributed by atoms with Crippen LogP contribution in [0, 0.1) is 0 Å². The third kappa shape index (κ3) is 1.32. The van der Waals surface area contributed by atoms with Crippen LogP contribution in [0.25, 0.3) is 11.1 Å². The summed E-state index contributed by atoms with van der Waals surface area (Å²) in [6.45, 7) is 0. The second kappa shape index (κ2) is 3.73. The van der Waals surface area contributed by atoms with E-state index in [1.165, 1.54) is 0 Å². The Morgan fingerprint density at radius 1 is 0.650 bits per heavy atom. The fraction of sp³-hybridized carbons (Fsp3) is 0.118. The van der Waals surface area contributed by atoms with Crippen LogP contribution in [-0.2, 0) is 17.6 Å². The van der Waals surface area contributed by atoms with Crippen LogP contribution in [0.5, 0.6) is 0 Å². The number of hydrogen-bond acceptors (Lipinski definition) is 3. The number of carbonyl (C=O) groups is 3. The maximum Gasteiger partial charge on any atom is 0.229 e. The van der Waals surface area contributed by atoms with Gasteiger partial charge in [-0.05, 0) is 22.3 Å². The van der Waals surface area contributed by atoms with Gasteiger partial charge in [0.15, 0.2) is 5.78 Å². The number of benzene rings is 2. The minimum Gasteiger partial charge on any atom is -0.294 e. The van der Waals surface area contributed by atoms with Gasteiger partial charge in [-0.15, -0.1) is 0 Å². The molecule has 0 aliphatic heterocycles. The third-order valence-electron chi connectivity index (χ3n) is 4.06. The summed E-state index contributed by atoms with van der Waals surface area (Å²) in [7, 11) is 0. The lowest BCUT2D eigenvalue weighted by atomic mass is 9.81. The van der Waals surface area contributed by atoms with Crippen molar-refractivity contribution in [1.29, 1.82) is 0 Å². The molecule has 0 fully saturated rings. The van der Waals surface area contributed by atoms with E-state index in [4.69, 9.17) is 0 Å². The number of rotatable bonds is 0. The topological polar surface area (TPSA) is 51.2 Å². The normalized spacial score (nSPS) is 15.9. The first kappa shape index (κ1) is 11.3. The quantitative estimate of drug-likeness (QED) is 0.685. The Morgan fingerprint density at radius 2 is 1.40 bits per heavy atom. The van der Waals surface area contributed by atoms with E-state index in [1.807, 2.05) is 30.3 Å². The van der Waals surface area contributed by atoms with Gasteiger partial charge in [0.05, 0.1) is 0 Å². The monoisotopic (exact) mass is 262 g/mol. The molecule has 0 spiro atoms. The first-order valence-electron chi connectivity index (χ1n) is 6.51. The molecule has 0 radical (unpaired) electrons. The summed E-state index contributed by atoms with van der Waals surface area (Å²) in [5.74, 6) is -0.997. The van der Waals surface area contributed by atoms with Crippen molar-refractivity contribution in [2.45, 2.75) is 12.8 Å². The molecule has 0 saturated carbocycles. The minimum atomic E-state index is -0.510. The zero-order valence-electron chi connectivity index (χ0n) is 10.6. The molecule has 0 amide bonds. The van der Waals surface area contributed by atoms with E-state index in [9.17, 15) is 14.4 Å². The van der Waals surface area contributed by atoms with E-state index >= 15 is 0 Å². The van der Waals surface area contributed by atoms with Crippen LogP contribution < -0.4 is 0 Å². The molecule has 0 unspecified atom stereocenters. The SMILES string of the molecule is O=C1Cc2ccc3c(c2C1=O)C(=O)Cc1ccccc1-3. The van der Waals surface area contributed by atoms with Crippen molar-refractivity contribution >= 4 is 17.3 Å². The fourth-order valence-electron chi connectivity index (χ4n) is 3.16. The third-order valence-corrected chi connectivity index (χ3v) is 4.06. The predicted molar refractivity (Wildman–Crippen MR) is 73.0 cm³/mol. The zero-order chi connectivity index (χ0) is 13.9. The first-order valence-corrected chi connectivity index (χ1v) is 6.51. The molecule has 0 bridgehead atoms. The Kier molecular flexibility index (Phi) is 2.11. The lowest BCUT2D eigenvalue weighted by Gasteiger charge is -2.20. The van der Waals surface area contributed by atoms with Gasteiger partial charge in [0, 0.05) is 24.0 Å². The molecular formula is C17H10O3. The van der Waals surface area contributed by atoms with Crippen LogP contribution in [0.15, 0.2) is 36.4 Å². The van der Waals surface area contributed by atoms with E-state index in [-0.39, 0.29) is 12.2 Å². The lowest BCUT2D eigenvalue weighted by Crippen LogP contribution is -2.17. The molecular weight excluding hydrogens is 252 g/mol. The van der Waals surface area contributed by atoms with Crippen molar-refractivity contribution < 1.29 is 14.4 Å². The Bertz CT molecular complexity index is 815. The average Bonchev–Trinajstić information content (AvgIpc) is 2.74. The molecule has 3 heteroatoms. The summed E-state index contributed by atoms with van der Waals surface area (Å²) < 4.78 is 0. The van der Waals surface area contributed by atoms with Crippen molar-refractivity contribution in [3.63, 3.8) is 0 Å². The maximum atomic E-state index is 12.4. The number of fused-ring (bicyclic) bond motifs is 5. The first-order chi connectivity index (χ1) is 9.66. The number of carbonyl (C=O) groups excluding carboxylic acids is 3. The van der Waals surface area contributed by atoms with E-state index in [0.29, 0.717) is 23.1 Å². The largest absolute Gasteiger partial charge is 0.294 e. The number of ketones is 3. The standard InChI is InChI=1S/C17H10O3/c18-13-7-9-3-1-2-4-11(9)12-6-5-10-8-14(19)17(20)15(10)16(12)13/h1-6H,7-8H2. The summed E-state index contributed by atoms with van der Waals surface area (Å²) in [6, 6.07) is 11.4. The number of Topliss-reactive ketones (excluding diaryl/α,β-unsaturated/α-hetero) is 3. The van der Waals surface area contributed by atoms with Gasteiger partial charge in [0.25, 0.3) is 0 Å². The van der Waals surface area contributed by atoms with Crippen LogP contribution in [-0.4, -0.2) is 17.3 Å². The van der Waals surface area contributed by atoms with E-state index in [0.717, 1.165) is 16.7 Å². The fourth-order valence-corrected chi connectivity index (χ4v) is 3.16. The highest BCUT2D eigenvalue weighted by atomic mass is 16.2. The van der Waals surface area contributed by atoms with Crippen LogP contribution in [0.1, 0.15) is 31.8 Å². The van der Waals surface area contributed by atoms with Crippen LogP contribution in [0.2, 0.25) is 0 Å². The van der Waals surface area contributed by atoms with Crippen molar-refractivity contribution in [2.75, 3.05) is 0 Å². The van der Waals surface area contributed by atoms with Gasteiger partial charge >= 0.3 is 0 Å². The molecule has 4 rings (SSSR count). The summed E-state index contributed by atoms with van der Waals surface area (Å²) in [6.07, 6.45) is 0.414. The summed E-state index contributed by atoms with van der Waals surface area (Å²) in [4.78, 5) is 36.0. The van der Waals surface area contributed by atoms with Gasteiger partial charge in [-0.25, -0.2) is 0 Å². The highest BCUT2D eigenvalue weighted by molar-refractivity contribution is 6.49. The van der Waals surface area contributed by atoms with Gasteiger partial charge in [0.1, 0.15) is 0 Å². The van der Waals surface area contributed by atoms with Crippen molar-refractivity contribution in [3.05, 3.63) is 58.7 Å². The molecule has 0 atom stereocenters. The molecule has 2 aromatic rings. The van der Waals surface area contributed by atoms with Crippen molar-refractivity contribution in [3.8, 4) is 11.1 Å². The second-order valence-electron chi connectivity index (χ2n) is 5.21. The summed E-state index contributed by atoms with van der Waals surface area (Å²) >= 11 is 0. The molecule has 0 aromatic heterocycles. The average molecular weight is 262 g/mol. The van der Waals surface area contributed by atoms with Gasteiger partial charge in [-0.2, -0.15) is 0 Å². The molecule has 20 heavy (non-hydrogen) atoms. The zero-order valence-corrected chi connectivity index (χ0v) is 10.6. The van der Waals surface area contributed by atoms with Gasteiger partial charge in [-0.1, -0.05) is 36.4 Å². The molecule has 2 aliphatic rings. The van der Waals surface area contributed by atoms with Gasteiger partial charge < -0.3 is 0 Å². The van der Waals surface area contributed by atoms with Crippen molar-refractivity contribution in [1.82, 2.24) is 0 Å². The van der Waals surface area contributed by atoms with E-state index in [1.54, 1.807) is 6.07 Å². The predicted octanol–water partition coefficient (Wildman–Crippen LogP) is 2.40. The minimum absolute atomic E-state index is 0.0707. The highest BCUT2D eigenvalue weighted by Gasteiger charge is 2.36. The lowest BCUT2D eigenvalue weighted by molar-refractivity contribution is -0.114. The van der Waals surface area contributed by atoms with Crippen LogP contribution >= 0.6 is 0 Å². The molecule has 2 aliphatic carbocycles. The molecule has 0 saturated heterocycles. The molecule has 0 heterocycles. The Hall–Kier alpha value is -2.55. The smallest absolute Gasteiger partial charge is 0.229 e. The summed E-state index contributed by atoms with van der Waals surface area (Å²) in [5.41, 5.74) is 4.20. The van der Waals surface area contributed by atoms with Gasteiger partial charge in [-0.3, -0.25) is 14.4 Å². The highest BCUT2D eigenvalue weighted by Crippen LogP contribution is 2.38. The second-order valence-corrected chi connectivity index (χ2v) is 5.21. The van der Waals surface area contributed by atoms with Crippen LogP contribution in [0.4, 0.5) is 0 Å². The number of hydrogen-bond donors (Lipinski definition) is 0. The van der Waals surface area contributed by atoms with Crippen molar-refractivity contribution in [2.24, 2.45) is 0 Å². The van der Waals surface area contributed by atoms with Gasteiger partial charge in [0.2, 0.25) is 11.6 Å². The maximum absolute atomic E-state index is 12.4. The Labute approximate surface area is 115 Å². The summed E-state index contributed by atoms with van der Waals surface area (Å²) in [5, 5.41) is 0. The molecule has 0 N–H and O–H groups in total. The Morgan fingerprint density at radius 3 is 2.25 bits per heavy atom. The Balaban J connectivity index is 2.08. The van der Waals surface area contributed by atoms with E-state index in [2.05, 4.69) is 0 Å². The molecule has 3 nitrogen and oxygen atoms in total. The molecule has 2 aromatic carbocycles. The van der Waals surface area contributed by atoms with E-state index < -0.39 is 11.6 Å². The molecule has 96 valence electrons. The van der Waals surface area contributed by atoms with Crippen LogP contribution in [0.3, 0.4) is 0 Å².